The highest BCUT2D eigenvalue weighted by molar-refractivity contribution is 5.71. The molecule has 0 aliphatic rings. The van der Waals surface area contributed by atoms with Crippen LogP contribution in [0, 0.1) is 0 Å². The number of H-pyrrole nitrogens is 1. The van der Waals surface area contributed by atoms with E-state index < -0.39 is 0 Å². The van der Waals surface area contributed by atoms with Gasteiger partial charge in [-0.05, 0) is 0 Å². The maximum atomic E-state index is 10.8. The van der Waals surface area contributed by atoms with Gasteiger partial charge < -0.3 is 9.72 Å². The number of ether oxygens (including phenoxy) is 1. The Morgan fingerprint density at radius 1 is 1.75 bits per heavy atom. The first kappa shape index (κ1) is 8.61. The third-order valence-electron chi connectivity index (χ3n) is 1.21. The molecule has 0 aromatic carbocycles. The Morgan fingerprint density at radius 3 is 3.08 bits per heavy atom. The highest BCUT2D eigenvalue weighted by Gasteiger charge is 1.98. The molecule has 64 valence electrons. The minimum absolute atomic E-state index is 0.116. The quantitative estimate of drug-likeness (QED) is 0.630. The lowest BCUT2D eigenvalue weighted by Gasteiger charge is -1.97. The van der Waals surface area contributed by atoms with Crippen LogP contribution in [-0.4, -0.2) is 23.4 Å². The van der Waals surface area contributed by atoms with Gasteiger partial charge in [0.2, 0.25) is 0 Å². The number of hydrogen-bond donors (Lipinski definition) is 1. The highest BCUT2D eigenvalue weighted by atomic mass is 16.5. The largest absolute Gasteiger partial charge is 0.377 e. The molecule has 0 aliphatic carbocycles. The van der Waals surface area contributed by atoms with Crippen molar-refractivity contribution >= 4 is 6.29 Å². The molecule has 5 nitrogen and oxygen atoms in total. The van der Waals surface area contributed by atoms with Crippen LogP contribution in [0.15, 0.2) is 10.9 Å². The normalized spacial score (nSPS) is 9.75. The van der Waals surface area contributed by atoms with E-state index in [0.717, 1.165) is 6.07 Å². The molecular weight excluding hydrogens is 160 g/mol. The van der Waals surface area contributed by atoms with Gasteiger partial charge in [-0.1, -0.05) is 0 Å². The second-order valence-corrected chi connectivity index (χ2v) is 2.17. The molecule has 0 saturated carbocycles. The van der Waals surface area contributed by atoms with Gasteiger partial charge in [-0.2, -0.15) is 0 Å². The summed E-state index contributed by atoms with van der Waals surface area (Å²) in [5.41, 5.74) is -0.232. The summed E-state index contributed by atoms with van der Waals surface area (Å²) in [6.07, 6.45) is 0.522. The topological polar surface area (TPSA) is 72.0 Å². The van der Waals surface area contributed by atoms with Gasteiger partial charge in [0.05, 0.1) is 0 Å². The third kappa shape index (κ3) is 2.00. The van der Waals surface area contributed by atoms with Gasteiger partial charge in [0.25, 0.3) is 5.56 Å². The number of nitrogens with zero attached hydrogens (tertiary/aromatic N) is 1. The van der Waals surface area contributed by atoms with E-state index in [2.05, 4.69) is 9.97 Å². The zero-order valence-corrected chi connectivity index (χ0v) is 6.53. The lowest BCUT2D eigenvalue weighted by Crippen LogP contribution is -2.12. The monoisotopic (exact) mass is 168 g/mol. The van der Waals surface area contributed by atoms with Gasteiger partial charge in [0.15, 0.2) is 6.29 Å². The molecule has 0 unspecified atom stereocenters. The van der Waals surface area contributed by atoms with Crippen molar-refractivity contribution in [1.29, 1.82) is 0 Å². The first-order valence-corrected chi connectivity index (χ1v) is 3.30. The first-order valence-electron chi connectivity index (χ1n) is 3.30. The number of hydrogen-bond acceptors (Lipinski definition) is 4. The average molecular weight is 168 g/mol. The Bertz CT molecular complexity index is 332. The molecule has 0 fully saturated rings. The summed E-state index contributed by atoms with van der Waals surface area (Å²) in [6, 6.07) is 1.13. The maximum Gasteiger partial charge on any atom is 0.251 e. The smallest absolute Gasteiger partial charge is 0.251 e. The van der Waals surface area contributed by atoms with Crippen LogP contribution in [0.5, 0.6) is 0 Å². The van der Waals surface area contributed by atoms with Crippen molar-refractivity contribution in [2.75, 3.05) is 7.11 Å². The summed E-state index contributed by atoms with van der Waals surface area (Å²) in [5, 5.41) is 0. The van der Waals surface area contributed by atoms with E-state index in [1.54, 1.807) is 0 Å². The van der Waals surface area contributed by atoms with E-state index in [1.807, 2.05) is 0 Å². The van der Waals surface area contributed by atoms with E-state index in [0.29, 0.717) is 12.1 Å². The molecule has 0 radical (unpaired) electrons. The summed E-state index contributed by atoms with van der Waals surface area (Å²) in [4.78, 5) is 27.3. The van der Waals surface area contributed by atoms with Crippen LogP contribution >= 0.6 is 0 Å². The van der Waals surface area contributed by atoms with Crippen LogP contribution in [0.1, 0.15) is 16.3 Å². The van der Waals surface area contributed by atoms with Crippen LogP contribution in [0.4, 0.5) is 0 Å². The summed E-state index contributed by atoms with van der Waals surface area (Å²) in [6.45, 7) is 0.191. The van der Waals surface area contributed by atoms with E-state index in [1.165, 1.54) is 7.11 Å². The number of methoxy groups -OCH3 is 1. The van der Waals surface area contributed by atoms with Gasteiger partial charge in [-0.15, -0.1) is 0 Å². The molecule has 0 atom stereocenters. The van der Waals surface area contributed by atoms with E-state index >= 15 is 0 Å². The average Bonchev–Trinajstić information content (AvgIpc) is 2.04. The van der Waals surface area contributed by atoms with Crippen LogP contribution in [0.2, 0.25) is 0 Å². The van der Waals surface area contributed by atoms with E-state index in [9.17, 15) is 9.59 Å². The molecular formula is C7H8N2O3. The summed E-state index contributed by atoms with van der Waals surface area (Å²) >= 11 is 0. The van der Waals surface area contributed by atoms with Crippen molar-refractivity contribution in [3.05, 3.63) is 27.9 Å². The standard InChI is InChI=1S/C7H8N2O3/c1-12-4-6-8-5(3-10)2-7(11)9-6/h2-3H,4H2,1H3,(H,8,9,11). The zero-order valence-electron chi connectivity index (χ0n) is 6.53. The second-order valence-electron chi connectivity index (χ2n) is 2.17. The molecule has 0 spiro atoms. The Kier molecular flexibility index (Phi) is 2.71. The fraction of sp³-hybridized carbons (Fsp3) is 0.286. The Hall–Kier alpha value is -1.49. The molecule has 5 heteroatoms. The zero-order chi connectivity index (χ0) is 8.97. The van der Waals surface area contributed by atoms with Crippen LogP contribution in [-0.2, 0) is 11.3 Å². The number of aldehydes is 1. The number of carbonyl (C=O) groups is 1. The fourth-order valence-electron chi connectivity index (χ4n) is 0.794. The first-order chi connectivity index (χ1) is 5.76. The molecule has 12 heavy (non-hydrogen) atoms. The number of nitrogens with one attached hydrogen (secondary N) is 1. The van der Waals surface area contributed by atoms with E-state index in [-0.39, 0.29) is 17.9 Å². The molecule has 1 rings (SSSR count). The third-order valence-corrected chi connectivity index (χ3v) is 1.21. The second kappa shape index (κ2) is 3.77. The van der Waals surface area contributed by atoms with Crippen LogP contribution in [0.25, 0.3) is 0 Å². The van der Waals surface area contributed by atoms with Gasteiger partial charge >= 0.3 is 0 Å². The molecule has 1 N–H and O–H groups in total. The summed E-state index contributed by atoms with van der Waals surface area (Å²) in [7, 11) is 1.48. The van der Waals surface area contributed by atoms with E-state index in [4.69, 9.17) is 4.74 Å². The summed E-state index contributed by atoms with van der Waals surface area (Å²) in [5.74, 6) is 0.354. The Labute approximate surface area is 68.4 Å². The molecule has 0 aliphatic heterocycles. The van der Waals surface area contributed by atoms with Crippen molar-refractivity contribution < 1.29 is 9.53 Å². The molecule has 0 amide bonds. The van der Waals surface area contributed by atoms with Crippen LogP contribution in [0.3, 0.4) is 0 Å². The Balaban J connectivity index is 3.06. The minimum atomic E-state index is -0.348. The fourth-order valence-corrected chi connectivity index (χ4v) is 0.794. The van der Waals surface area contributed by atoms with Gasteiger partial charge in [0, 0.05) is 13.2 Å². The molecule has 1 heterocycles. The number of carbonyl (C=O) groups excluding carboxylic acids is 1. The van der Waals surface area contributed by atoms with Gasteiger partial charge in [-0.25, -0.2) is 4.98 Å². The molecule has 0 saturated heterocycles. The van der Waals surface area contributed by atoms with Gasteiger partial charge in [-0.3, -0.25) is 9.59 Å². The van der Waals surface area contributed by atoms with Gasteiger partial charge in [0.1, 0.15) is 18.1 Å². The minimum Gasteiger partial charge on any atom is -0.377 e. The van der Waals surface area contributed by atoms with Crippen molar-refractivity contribution in [3.63, 3.8) is 0 Å². The SMILES string of the molecule is COCc1nc(C=O)cc(=O)[nH]1. The number of aromatic nitrogens is 2. The molecule has 1 aromatic rings. The Morgan fingerprint density at radius 2 is 2.50 bits per heavy atom. The number of aromatic amines is 1. The van der Waals surface area contributed by atoms with Crippen molar-refractivity contribution in [2.24, 2.45) is 0 Å². The number of rotatable bonds is 3. The summed E-state index contributed by atoms with van der Waals surface area (Å²) < 4.78 is 4.73. The van der Waals surface area contributed by atoms with Crippen LogP contribution < -0.4 is 5.56 Å². The van der Waals surface area contributed by atoms with Crippen molar-refractivity contribution in [2.45, 2.75) is 6.61 Å². The highest BCUT2D eigenvalue weighted by Crippen LogP contribution is 1.89. The predicted octanol–water partition coefficient (Wildman–Crippen LogP) is -0.271. The molecule has 1 aromatic heterocycles. The maximum absolute atomic E-state index is 10.8. The predicted molar refractivity (Wildman–Crippen MR) is 41.0 cm³/mol. The van der Waals surface area contributed by atoms with Crippen molar-refractivity contribution in [1.82, 2.24) is 9.97 Å². The lowest BCUT2D eigenvalue weighted by atomic mass is 10.4. The van der Waals surface area contributed by atoms with Crippen molar-refractivity contribution in [3.8, 4) is 0 Å². The molecule has 0 bridgehead atoms. The lowest BCUT2D eigenvalue weighted by molar-refractivity contribution is 0.111.